The number of hydrogen-bond acceptors (Lipinski definition) is 3. The summed E-state index contributed by atoms with van der Waals surface area (Å²) in [5, 5.41) is 15.0. The van der Waals surface area contributed by atoms with E-state index in [-0.39, 0.29) is 10.8 Å². The van der Waals surface area contributed by atoms with Gasteiger partial charge in [0.1, 0.15) is 12.1 Å². The van der Waals surface area contributed by atoms with Crippen LogP contribution >= 0.6 is 0 Å². The van der Waals surface area contributed by atoms with Gasteiger partial charge in [-0.05, 0) is 28.5 Å². The van der Waals surface area contributed by atoms with E-state index in [0.29, 0.717) is 5.75 Å². The molecule has 0 fully saturated rings. The fraction of sp³-hybridized carbons (Fsp3) is 0.444. The van der Waals surface area contributed by atoms with Crippen LogP contribution in [-0.2, 0) is 10.8 Å². The third-order valence-corrected chi connectivity index (χ3v) is 3.58. The van der Waals surface area contributed by atoms with Gasteiger partial charge in [-0.2, -0.15) is 5.10 Å². The third kappa shape index (κ3) is 3.56. The quantitative estimate of drug-likeness (QED) is 0.850. The van der Waals surface area contributed by atoms with E-state index in [4.69, 9.17) is 0 Å². The molecule has 118 valence electrons. The van der Waals surface area contributed by atoms with Gasteiger partial charge in [0.15, 0.2) is 0 Å². The summed E-state index contributed by atoms with van der Waals surface area (Å²) >= 11 is 0. The van der Waals surface area contributed by atoms with E-state index in [1.54, 1.807) is 29.6 Å². The minimum atomic E-state index is -0.136. The zero-order chi connectivity index (χ0) is 16.5. The SMILES string of the molecule is CC(C)(C)c1cc(/C=N/n2ccnc2)cc(C(C)(C)C)c1O. The Kier molecular flexibility index (Phi) is 4.14. The number of phenols is 1. The molecule has 2 rings (SSSR count). The Balaban J connectivity index is 2.55. The number of benzene rings is 1. The Morgan fingerprint density at radius 3 is 2.00 bits per heavy atom. The molecule has 1 aromatic carbocycles. The number of hydrogen-bond donors (Lipinski definition) is 1. The predicted molar refractivity (Wildman–Crippen MR) is 90.7 cm³/mol. The van der Waals surface area contributed by atoms with Crippen LogP contribution in [0.1, 0.15) is 58.2 Å². The molecule has 0 bridgehead atoms. The molecule has 0 radical (unpaired) electrons. The second-order valence-corrected chi connectivity index (χ2v) is 7.65. The summed E-state index contributed by atoms with van der Waals surface area (Å²) in [6.45, 7) is 12.6. The van der Waals surface area contributed by atoms with Gasteiger partial charge >= 0.3 is 0 Å². The maximum Gasteiger partial charge on any atom is 0.123 e. The molecular weight excluding hydrogens is 274 g/mol. The fourth-order valence-corrected chi connectivity index (χ4v) is 2.33. The molecule has 1 N–H and O–H groups in total. The Morgan fingerprint density at radius 2 is 1.59 bits per heavy atom. The zero-order valence-electron chi connectivity index (χ0n) is 14.3. The van der Waals surface area contributed by atoms with Crippen molar-refractivity contribution in [3.8, 4) is 5.75 Å². The fourth-order valence-electron chi connectivity index (χ4n) is 2.33. The molecule has 0 atom stereocenters. The maximum absolute atomic E-state index is 10.7. The summed E-state index contributed by atoms with van der Waals surface area (Å²) in [7, 11) is 0. The van der Waals surface area contributed by atoms with Crippen LogP contribution in [0, 0.1) is 0 Å². The molecule has 2 aromatic rings. The van der Waals surface area contributed by atoms with Crippen molar-refractivity contribution in [3.63, 3.8) is 0 Å². The van der Waals surface area contributed by atoms with Crippen molar-refractivity contribution in [1.29, 1.82) is 0 Å². The second kappa shape index (κ2) is 5.59. The topological polar surface area (TPSA) is 50.4 Å². The molecule has 1 heterocycles. The Labute approximate surface area is 132 Å². The largest absolute Gasteiger partial charge is 0.507 e. The van der Waals surface area contributed by atoms with Crippen molar-refractivity contribution in [3.05, 3.63) is 47.5 Å². The molecule has 1 aromatic heterocycles. The third-order valence-electron chi connectivity index (χ3n) is 3.58. The molecule has 0 spiro atoms. The van der Waals surface area contributed by atoms with E-state index in [0.717, 1.165) is 16.7 Å². The van der Waals surface area contributed by atoms with E-state index >= 15 is 0 Å². The van der Waals surface area contributed by atoms with Crippen molar-refractivity contribution in [2.45, 2.75) is 52.4 Å². The molecule has 0 saturated carbocycles. The normalized spacial score (nSPS) is 13.0. The average molecular weight is 299 g/mol. The number of rotatable bonds is 2. The van der Waals surface area contributed by atoms with Crippen LogP contribution in [0.3, 0.4) is 0 Å². The molecule has 0 amide bonds. The number of aromatic nitrogens is 2. The first-order chi connectivity index (χ1) is 10.1. The highest BCUT2D eigenvalue weighted by Gasteiger charge is 2.26. The first kappa shape index (κ1) is 16.3. The van der Waals surface area contributed by atoms with Gasteiger partial charge in [0.2, 0.25) is 0 Å². The van der Waals surface area contributed by atoms with E-state index in [2.05, 4.69) is 51.6 Å². The first-order valence-corrected chi connectivity index (χ1v) is 7.49. The van der Waals surface area contributed by atoms with Gasteiger partial charge in [0.05, 0.1) is 6.21 Å². The van der Waals surface area contributed by atoms with E-state index < -0.39 is 0 Å². The monoisotopic (exact) mass is 299 g/mol. The lowest BCUT2D eigenvalue weighted by Gasteiger charge is -2.27. The molecule has 22 heavy (non-hydrogen) atoms. The van der Waals surface area contributed by atoms with Gasteiger partial charge in [0.25, 0.3) is 0 Å². The maximum atomic E-state index is 10.7. The van der Waals surface area contributed by atoms with Crippen LogP contribution in [0.25, 0.3) is 0 Å². The first-order valence-electron chi connectivity index (χ1n) is 7.49. The highest BCUT2D eigenvalue weighted by Crippen LogP contribution is 2.39. The molecule has 0 aliphatic heterocycles. The lowest BCUT2D eigenvalue weighted by Crippen LogP contribution is -2.17. The summed E-state index contributed by atoms with van der Waals surface area (Å²) in [5.41, 5.74) is 2.58. The Bertz CT molecular complexity index is 636. The summed E-state index contributed by atoms with van der Waals surface area (Å²) in [4.78, 5) is 3.97. The van der Waals surface area contributed by atoms with Crippen LogP contribution in [0.2, 0.25) is 0 Å². The molecule has 0 unspecified atom stereocenters. The summed E-state index contributed by atoms with van der Waals surface area (Å²) in [5.74, 6) is 0.389. The van der Waals surface area contributed by atoms with Crippen molar-refractivity contribution in [2.75, 3.05) is 0 Å². The highest BCUT2D eigenvalue weighted by molar-refractivity contribution is 5.81. The van der Waals surface area contributed by atoms with Gasteiger partial charge < -0.3 is 5.11 Å². The van der Waals surface area contributed by atoms with Crippen LogP contribution < -0.4 is 0 Å². The van der Waals surface area contributed by atoms with Crippen molar-refractivity contribution in [2.24, 2.45) is 5.10 Å². The van der Waals surface area contributed by atoms with Crippen molar-refractivity contribution in [1.82, 2.24) is 9.66 Å². The minimum Gasteiger partial charge on any atom is -0.507 e. The number of phenolic OH excluding ortho intramolecular Hbond substituents is 1. The molecular formula is C18H25N3O. The summed E-state index contributed by atoms with van der Waals surface area (Å²) in [6, 6.07) is 4.01. The lowest BCUT2D eigenvalue weighted by atomic mass is 9.78. The molecule has 0 aliphatic carbocycles. The summed E-state index contributed by atoms with van der Waals surface area (Å²) < 4.78 is 1.65. The summed E-state index contributed by atoms with van der Waals surface area (Å²) in [6.07, 6.45) is 6.92. The number of imidazole rings is 1. The molecule has 0 aliphatic rings. The molecule has 4 nitrogen and oxygen atoms in total. The average Bonchev–Trinajstić information content (AvgIpc) is 2.87. The van der Waals surface area contributed by atoms with Crippen LogP contribution in [0.15, 0.2) is 36.0 Å². The predicted octanol–water partition coefficient (Wildman–Crippen LogP) is 4.07. The number of nitrogens with zero attached hydrogens (tertiary/aromatic N) is 3. The molecule has 4 heteroatoms. The van der Waals surface area contributed by atoms with Gasteiger partial charge in [-0.15, -0.1) is 0 Å². The Hall–Kier alpha value is -2.10. The van der Waals surface area contributed by atoms with Gasteiger partial charge in [0, 0.05) is 23.5 Å². The van der Waals surface area contributed by atoms with Crippen LogP contribution in [-0.4, -0.2) is 21.0 Å². The number of aromatic hydroxyl groups is 1. The van der Waals surface area contributed by atoms with Crippen LogP contribution in [0.5, 0.6) is 5.75 Å². The highest BCUT2D eigenvalue weighted by atomic mass is 16.3. The van der Waals surface area contributed by atoms with Crippen LogP contribution in [0.4, 0.5) is 0 Å². The van der Waals surface area contributed by atoms with E-state index in [1.165, 1.54) is 0 Å². The lowest BCUT2D eigenvalue weighted by molar-refractivity contribution is 0.423. The van der Waals surface area contributed by atoms with Gasteiger partial charge in [-0.25, -0.2) is 9.66 Å². The zero-order valence-corrected chi connectivity index (χ0v) is 14.3. The van der Waals surface area contributed by atoms with Gasteiger partial charge in [-0.1, -0.05) is 41.5 Å². The van der Waals surface area contributed by atoms with Crippen molar-refractivity contribution < 1.29 is 5.11 Å². The van der Waals surface area contributed by atoms with E-state index in [9.17, 15) is 5.11 Å². The van der Waals surface area contributed by atoms with Crippen molar-refractivity contribution >= 4 is 6.21 Å². The van der Waals surface area contributed by atoms with Gasteiger partial charge in [-0.3, -0.25) is 0 Å². The minimum absolute atomic E-state index is 0.136. The standard InChI is InChI=1S/C18H25N3O/c1-17(2,3)14-9-13(11-20-21-8-7-19-12-21)10-15(16(14)22)18(4,5)6/h7-12,22H,1-6H3/b20-11+. The smallest absolute Gasteiger partial charge is 0.123 e. The molecule has 0 saturated heterocycles. The van der Waals surface area contributed by atoms with E-state index in [1.807, 2.05) is 12.1 Å². The second-order valence-electron chi connectivity index (χ2n) is 7.65. The Morgan fingerprint density at radius 1 is 1.05 bits per heavy atom.